The fourth-order valence-electron chi connectivity index (χ4n) is 5.06. The lowest BCUT2D eigenvalue weighted by atomic mass is 9.79. The maximum atomic E-state index is 12.5. The van der Waals surface area contributed by atoms with E-state index in [0.717, 1.165) is 24.0 Å². The van der Waals surface area contributed by atoms with Gasteiger partial charge < -0.3 is 19.7 Å². The molecule has 6 nitrogen and oxygen atoms in total. The summed E-state index contributed by atoms with van der Waals surface area (Å²) in [5.74, 6) is -1.21. The molecule has 0 aliphatic carbocycles. The van der Waals surface area contributed by atoms with E-state index in [1.165, 1.54) is 22.3 Å². The van der Waals surface area contributed by atoms with Crippen LogP contribution >= 0.6 is 0 Å². The molecule has 258 valence electrons. The van der Waals surface area contributed by atoms with Gasteiger partial charge in [0.2, 0.25) is 0 Å². The largest absolute Gasteiger partial charge is 0.464 e. The van der Waals surface area contributed by atoms with Gasteiger partial charge in [-0.05, 0) is 80.7 Å². The molecular weight excluding hydrogens is 576 g/mol. The molecule has 0 amide bonds. The smallest absolute Gasteiger partial charge is 0.335 e. The zero-order valence-corrected chi connectivity index (χ0v) is 30.8. The average molecular weight is 639 g/mol. The molecule has 0 bridgehead atoms. The molecule has 0 saturated carbocycles. The van der Waals surface area contributed by atoms with E-state index < -0.39 is 24.1 Å². The SMILES string of the molecule is CC(C)(C)c1cc(CC(O)C(=O)OCCCCCCOC(=O)C(O)Cc2cc(C(C)(C)C)cc(C(C)(C)C)c2)cc(C(C)(C)C)c1. The van der Waals surface area contributed by atoms with Crippen LogP contribution in [0.1, 0.15) is 142 Å². The van der Waals surface area contributed by atoms with Crippen molar-refractivity contribution < 1.29 is 29.3 Å². The molecule has 0 radical (unpaired) electrons. The Morgan fingerprint density at radius 3 is 1.00 bits per heavy atom. The molecule has 46 heavy (non-hydrogen) atoms. The minimum Gasteiger partial charge on any atom is -0.464 e. The molecule has 2 aromatic rings. The third-order valence-corrected chi connectivity index (χ3v) is 8.38. The molecule has 0 aliphatic heterocycles. The van der Waals surface area contributed by atoms with Crippen LogP contribution in [-0.4, -0.2) is 47.6 Å². The van der Waals surface area contributed by atoms with E-state index in [2.05, 4.69) is 119 Å². The summed E-state index contributed by atoms with van der Waals surface area (Å²) in [6, 6.07) is 12.7. The summed E-state index contributed by atoms with van der Waals surface area (Å²) in [6.45, 7) is 26.4. The third kappa shape index (κ3) is 12.8. The Morgan fingerprint density at radius 2 is 0.761 bits per heavy atom. The average Bonchev–Trinajstić information content (AvgIpc) is 2.91. The van der Waals surface area contributed by atoms with Gasteiger partial charge in [-0.3, -0.25) is 0 Å². The molecule has 2 N–H and O–H groups in total. The summed E-state index contributed by atoms with van der Waals surface area (Å²) >= 11 is 0. The van der Waals surface area contributed by atoms with Crippen LogP contribution in [0.15, 0.2) is 36.4 Å². The summed E-state index contributed by atoms with van der Waals surface area (Å²) < 4.78 is 10.7. The molecule has 0 aromatic heterocycles. The second-order valence-corrected chi connectivity index (χ2v) is 17.0. The van der Waals surface area contributed by atoms with Crippen molar-refractivity contribution in [2.75, 3.05) is 13.2 Å². The van der Waals surface area contributed by atoms with Gasteiger partial charge in [-0.15, -0.1) is 0 Å². The number of benzene rings is 2. The number of aliphatic hydroxyl groups is 2. The molecular formula is C40H62O6. The lowest BCUT2D eigenvalue weighted by Gasteiger charge is -2.26. The van der Waals surface area contributed by atoms with Crippen molar-refractivity contribution in [1.29, 1.82) is 0 Å². The minimum atomic E-state index is -1.22. The van der Waals surface area contributed by atoms with Crippen molar-refractivity contribution in [3.8, 4) is 0 Å². The second kappa shape index (κ2) is 15.9. The number of unbranched alkanes of at least 4 members (excludes halogenated alkanes) is 3. The lowest BCUT2D eigenvalue weighted by Crippen LogP contribution is -2.26. The maximum Gasteiger partial charge on any atom is 0.335 e. The van der Waals surface area contributed by atoms with Gasteiger partial charge in [0.25, 0.3) is 0 Å². The molecule has 2 atom stereocenters. The Balaban J connectivity index is 1.75. The van der Waals surface area contributed by atoms with Gasteiger partial charge >= 0.3 is 11.9 Å². The zero-order valence-electron chi connectivity index (χ0n) is 30.8. The molecule has 0 fully saturated rings. The number of rotatable bonds is 13. The highest BCUT2D eigenvalue weighted by Crippen LogP contribution is 2.32. The first-order valence-corrected chi connectivity index (χ1v) is 17.0. The Kier molecular flexibility index (Phi) is 13.7. The van der Waals surface area contributed by atoms with Crippen molar-refractivity contribution in [3.05, 3.63) is 69.8 Å². The molecule has 0 spiro atoms. The van der Waals surface area contributed by atoms with Crippen molar-refractivity contribution in [1.82, 2.24) is 0 Å². The van der Waals surface area contributed by atoms with Crippen LogP contribution in [0.5, 0.6) is 0 Å². The first kappa shape index (κ1) is 39.5. The van der Waals surface area contributed by atoms with E-state index >= 15 is 0 Å². The van der Waals surface area contributed by atoms with Crippen LogP contribution in [0.2, 0.25) is 0 Å². The van der Waals surface area contributed by atoms with Crippen LogP contribution in [0.4, 0.5) is 0 Å². The molecule has 2 aromatic carbocycles. The number of aliphatic hydroxyl groups excluding tert-OH is 2. The van der Waals surface area contributed by atoms with E-state index in [4.69, 9.17) is 9.47 Å². The highest BCUT2D eigenvalue weighted by Gasteiger charge is 2.25. The highest BCUT2D eigenvalue weighted by molar-refractivity contribution is 5.75. The number of carbonyl (C=O) groups is 2. The van der Waals surface area contributed by atoms with Gasteiger partial charge in [-0.25, -0.2) is 9.59 Å². The van der Waals surface area contributed by atoms with Crippen LogP contribution in [0.25, 0.3) is 0 Å². The van der Waals surface area contributed by atoms with E-state index in [0.29, 0.717) is 12.8 Å². The van der Waals surface area contributed by atoms with Gasteiger partial charge in [-0.1, -0.05) is 119 Å². The Bertz CT molecular complexity index is 1130. The van der Waals surface area contributed by atoms with Gasteiger partial charge in [0.15, 0.2) is 12.2 Å². The van der Waals surface area contributed by atoms with E-state index in [9.17, 15) is 19.8 Å². The normalized spacial score (nSPS) is 14.1. The third-order valence-electron chi connectivity index (χ3n) is 8.38. The minimum absolute atomic E-state index is 0.0469. The molecule has 2 unspecified atom stereocenters. The molecule has 2 rings (SSSR count). The summed E-state index contributed by atoms with van der Waals surface area (Å²) in [5, 5.41) is 21.2. The first-order chi connectivity index (χ1) is 21.0. The summed E-state index contributed by atoms with van der Waals surface area (Å²) in [4.78, 5) is 25.0. The van der Waals surface area contributed by atoms with Crippen LogP contribution < -0.4 is 0 Å². The van der Waals surface area contributed by atoms with Crippen LogP contribution in [0, 0.1) is 0 Å². The van der Waals surface area contributed by atoms with Gasteiger partial charge in [-0.2, -0.15) is 0 Å². The van der Waals surface area contributed by atoms with Crippen LogP contribution in [0.3, 0.4) is 0 Å². The number of hydrogen-bond acceptors (Lipinski definition) is 6. The standard InChI is InChI=1S/C40H62O6/c1-37(2,3)29-19-27(20-30(25-29)38(4,5)6)23-33(41)35(43)45-17-15-13-14-16-18-46-36(44)34(42)24-28-21-31(39(7,8)9)26-32(22-28)40(10,11)12/h19-22,25-26,33-34,41-42H,13-18,23-24H2,1-12H3. The second-order valence-electron chi connectivity index (χ2n) is 17.0. The van der Waals surface area contributed by atoms with Gasteiger partial charge in [0, 0.05) is 12.8 Å². The van der Waals surface area contributed by atoms with E-state index in [1.54, 1.807) is 0 Å². The quantitative estimate of drug-likeness (QED) is 0.170. The monoisotopic (exact) mass is 638 g/mol. The van der Waals surface area contributed by atoms with Crippen molar-refractivity contribution in [2.45, 2.75) is 155 Å². The number of ether oxygens (including phenoxy) is 2. The number of hydrogen-bond donors (Lipinski definition) is 2. The summed E-state index contributed by atoms with van der Waals surface area (Å²) in [5.41, 5.74) is 6.37. The fraction of sp³-hybridized carbons (Fsp3) is 0.650. The molecule has 0 saturated heterocycles. The number of esters is 2. The Hall–Kier alpha value is -2.70. The molecule has 0 aliphatic rings. The highest BCUT2D eigenvalue weighted by atomic mass is 16.5. The van der Waals surface area contributed by atoms with Gasteiger partial charge in [0.1, 0.15) is 0 Å². The number of carbonyl (C=O) groups excluding carboxylic acids is 2. The van der Waals surface area contributed by atoms with Crippen molar-refractivity contribution >= 4 is 11.9 Å². The maximum absolute atomic E-state index is 12.5. The van der Waals surface area contributed by atoms with Gasteiger partial charge in [0.05, 0.1) is 13.2 Å². The molecule has 6 heteroatoms. The van der Waals surface area contributed by atoms with Crippen molar-refractivity contribution in [3.63, 3.8) is 0 Å². The Labute approximate surface area is 279 Å². The predicted molar refractivity (Wildman–Crippen MR) is 187 cm³/mol. The summed E-state index contributed by atoms with van der Waals surface area (Å²) in [7, 11) is 0. The van der Waals surface area contributed by atoms with E-state index in [-0.39, 0.29) is 47.7 Å². The fourth-order valence-corrected chi connectivity index (χ4v) is 5.06. The summed E-state index contributed by atoms with van der Waals surface area (Å²) in [6.07, 6.45) is 0.884. The Morgan fingerprint density at radius 1 is 0.500 bits per heavy atom. The zero-order chi connectivity index (χ0) is 35.1. The first-order valence-electron chi connectivity index (χ1n) is 17.0. The topological polar surface area (TPSA) is 93.1 Å². The molecule has 0 heterocycles. The lowest BCUT2D eigenvalue weighted by molar-refractivity contribution is -0.154. The predicted octanol–water partition coefficient (Wildman–Crippen LogP) is 8.03. The van der Waals surface area contributed by atoms with E-state index in [1.807, 2.05) is 0 Å². The van der Waals surface area contributed by atoms with Crippen molar-refractivity contribution in [2.24, 2.45) is 0 Å². The van der Waals surface area contributed by atoms with Crippen LogP contribution in [-0.2, 0) is 53.6 Å².